The summed E-state index contributed by atoms with van der Waals surface area (Å²) in [7, 11) is 0. The van der Waals surface area contributed by atoms with Crippen LogP contribution in [-0.2, 0) is 0 Å². The van der Waals surface area contributed by atoms with Gasteiger partial charge in [-0.25, -0.2) is 9.97 Å². The fraction of sp³-hybridized carbons (Fsp3) is 0. The van der Waals surface area contributed by atoms with E-state index in [0.29, 0.717) is 0 Å². The van der Waals surface area contributed by atoms with Crippen molar-refractivity contribution in [1.29, 1.82) is 0 Å². The number of aromatic nitrogens is 5. The molecular weight excluding hydrogens is 683 g/mol. The third kappa shape index (κ3) is 5.13. The highest BCUT2D eigenvalue weighted by Crippen LogP contribution is 2.44. The zero-order valence-electron chi connectivity index (χ0n) is 30.3. The van der Waals surface area contributed by atoms with Gasteiger partial charge in [-0.15, -0.1) is 0 Å². The first kappa shape index (κ1) is 31.9. The number of rotatable bonds is 6. The van der Waals surface area contributed by atoms with Crippen LogP contribution in [-0.4, -0.2) is 24.1 Å². The van der Waals surface area contributed by atoms with Crippen LogP contribution in [0.3, 0.4) is 0 Å². The molecule has 5 heteroatoms. The predicted octanol–water partition coefficient (Wildman–Crippen LogP) is 12.7. The van der Waals surface area contributed by atoms with Gasteiger partial charge in [0.05, 0.1) is 27.6 Å². The first-order valence-corrected chi connectivity index (χ1v) is 18.9. The number of hydrogen-bond donors (Lipinski definition) is 0. The van der Waals surface area contributed by atoms with Gasteiger partial charge in [0.2, 0.25) is 0 Å². The van der Waals surface area contributed by atoms with E-state index in [1.165, 1.54) is 10.9 Å². The van der Waals surface area contributed by atoms with Crippen molar-refractivity contribution in [2.24, 2.45) is 0 Å². The Hall–Kier alpha value is -7.63. The van der Waals surface area contributed by atoms with Gasteiger partial charge in [-0.3, -0.25) is 14.1 Å². The molecule has 0 atom stereocenters. The third-order valence-electron chi connectivity index (χ3n) is 10.8. The van der Waals surface area contributed by atoms with Gasteiger partial charge in [0, 0.05) is 39.6 Å². The monoisotopic (exact) mass is 715 g/mol. The Morgan fingerprint density at radius 2 is 0.732 bits per heavy atom. The van der Waals surface area contributed by atoms with E-state index in [-0.39, 0.29) is 0 Å². The Labute approximate surface area is 323 Å². The van der Waals surface area contributed by atoms with Crippen LogP contribution in [0.2, 0.25) is 0 Å². The molecular formula is C51H33N5. The molecule has 11 rings (SSSR count). The number of nitrogens with zero attached hydrogens (tertiary/aromatic N) is 5. The summed E-state index contributed by atoms with van der Waals surface area (Å²) in [5.41, 5.74) is 13.9. The average molecular weight is 716 g/mol. The van der Waals surface area contributed by atoms with Gasteiger partial charge in [0.25, 0.3) is 0 Å². The highest BCUT2D eigenvalue weighted by Gasteiger charge is 2.20. The van der Waals surface area contributed by atoms with Crippen LogP contribution in [0.15, 0.2) is 200 Å². The van der Waals surface area contributed by atoms with Crippen LogP contribution in [0.4, 0.5) is 0 Å². The number of hydrogen-bond acceptors (Lipinski definition) is 3. The number of benzene rings is 8. The fourth-order valence-electron chi connectivity index (χ4n) is 8.29. The molecule has 0 saturated heterocycles. The maximum atomic E-state index is 5.11. The molecule has 0 aliphatic heterocycles. The molecule has 3 aromatic heterocycles. The summed E-state index contributed by atoms with van der Waals surface area (Å²) < 4.78 is 4.49. The fourth-order valence-corrected chi connectivity index (χ4v) is 8.29. The average Bonchev–Trinajstić information content (AvgIpc) is 3.86. The number of para-hydroxylation sites is 6. The molecule has 0 saturated carbocycles. The summed E-state index contributed by atoms with van der Waals surface area (Å²) in [5.74, 6) is 1.83. The van der Waals surface area contributed by atoms with Gasteiger partial charge in [-0.05, 0) is 82.1 Å². The molecule has 0 amide bonds. The Kier molecular flexibility index (Phi) is 7.42. The van der Waals surface area contributed by atoms with Crippen LogP contribution in [0.1, 0.15) is 0 Å². The van der Waals surface area contributed by atoms with E-state index < -0.39 is 0 Å². The van der Waals surface area contributed by atoms with Crippen molar-refractivity contribution in [2.75, 3.05) is 0 Å². The predicted molar refractivity (Wildman–Crippen MR) is 230 cm³/mol. The molecule has 262 valence electrons. The van der Waals surface area contributed by atoms with Crippen LogP contribution < -0.4 is 0 Å². The molecule has 8 aromatic carbocycles. The highest BCUT2D eigenvalue weighted by atomic mass is 15.1. The second-order valence-corrected chi connectivity index (χ2v) is 14.0. The van der Waals surface area contributed by atoms with E-state index in [2.05, 4.69) is 173 Å². The van der Waals surface area contributed by atoms with E-state index in [4.69, 9.17) is 15.0 Å². The molecule has 0 radical (unpaired) electrons. The second-order valence-electron chi connectivity index (χ2n) is 14.0. The smallest absolute Gasteiger partial charge is 0.145 e. The molecule has 0 aliphatic rings. The minimum absolute atomic E-state index is 0.912. The summed E-state index contributed by atoms with van der Waals surface area (Å²) in [6.07, 6.45) is 1.90. The maximum Gasteiger partial charge on any atom is 0.145 e. The lowest BCUT2D eigenvalue weighted by Crippen LogP contribution is -1.97. The summed E-state index contributed by atoms with van der Waals surface area (Å²) in [4.78, 5) is 15.3. The Balaban J connectivity index is 1.04. The number of imidazole rings is 2. The molecule has 0 spiro atoms. The van der Waals surface area contributed by atoms with Crippen LogP contribution >= 0.6 is 0 Å². The molecule has 5 nitrogen and oxygen atoms in total. The van der Waals surface area contributed by atoms with Crippen molar-refractivity contribution in [3.8, 4) is 56.4 Å². The number of pyridine rings is 1. The minimum atomic E-state index is 0.912. The lowest BCUT2D eigenvalue weighted by molar-refractivity contribution is 1.10. The standard InChI is InChI=1S/C51H33N5/c1-3-14-38(15-4-1)55-45-23-11-9-21-43(45)53-50(55)36-29-25-34(26-30-36)47-40-18-7-8-19-41(40)48(49-42(47)20-13-33-52-49)35-27-31-37(32-28-35)51-54-44-22-10-12-24-46(44)56(51)39-16-5-2-6-17-39/h1-33H. The highest BCUT2D eigenvalue weighted by molar-refractivity contribution is 6.20. The van der Waals surface area contributed by atoms with Crippen molar-refractivity contribution in [3.63, 3.8) is 0 Å². The van der Waals surface area contributed by atoms with E-state index >= 15 is 0 Å². The Morgan fingerprint density at radius 3 is 1.27 bits per heavy atom. The Morgan fingerprint density at radius 1 is 0.321 bits per heavy atom. The molecule has 0 unspecified atom stereocenters. The van der Waals surface area contributed by atoms with E-state index in [1.54, 1.807) is 0 Å². The van der Waals surface area contributed by atoms with Crippen molar-refractivity contribution in [2.45, 2.75) is 0 Å². The molecule has 0 bridgehead atoms. The van der Waals surface area contributed by atoms with Crippen molar-refractivity contribution in [1.82, 2.24) is 24.1 Å². The molecule has 11 aromatic rings. The molecule has 0 aliphatic carbocycles. The van der Waals surface area contributed by atoms with Gasteiger partial charge in [0.1, 0.15) is 11.6 Å². The normalized spacial score (nSPS) is 11.6. The first-order valence-electron chi connectivity index (χ1n) is 18.9. The zero-order chi connectivity index (χ0) is 37.0. The largest absolute Gasteiger partial charge is 0.292 e. The second kappa shape index (κ2) is 13.0. The quantitative estimate of drug-likeness (QED) is 0.161. The summed E-state index contributed by atoms with van der Waals surface area (Å²) >= 11 is 0. The summed E-state index contributed by atoms with van der Waals surface area (Å²) in [6.45, 7) is 0. The topological polar surface area (TPSA) is 48.5 Å². The minimum Gasteiger partial charge on any atom is -0.292 e. The number of fused-ring (bicyclic) bond motifs is 4. The van der Waals surface area contributed by atoms with Crippen LogP contribution in [0.25, 0.3) is 100 Å². The first-order chi connectivity index (χ1) is 27.8. The summed E-state index contributed by atoms with van der Waals surface area (Å²) in [5, 5.41) is 3.45. The third-order valence-corrected chi connectivity index (χ3v) is 10.8. The summed E-state index contributed by atoms with van der Waals surface area (Å²) in [6, 6.07) is 68.2. The van der Waals surface area contributed by atoms with Crippen LogP contribution in [0.5, 0.6) is 0 Å². The van der Waals surface area contributed by atoms with E-state index in [0.717, 1.165) is 89.2 Å². The van der Waals surface area contributed by atoms with Crippen molar-refractivity contribution >= 4 is 43.7 Å². The maximum absolute atomic E-state index is 5.11. The van der Waals surface area contributed by atoms with E-state index in [1.807, 2.05) is 36.5 Å². The van der Waals surface area contributed by atoms with Crippen molar-refractivity contribution in [3.05, 3.63) is 200 Å². The van der Waals surface area contributed by atoms with E-state index in [9.17, 15) is 0 Å². The zero-order valence-corrected chi connectivity index (χ0v) is 30.3. The Bertz CT molecular complexity index is 2940. The van der Waals surface area contributed by atoms with Crippen molar-refractivity contribution < 1.29 is 0 Å². The molecule has 56 heavy (non-hydrogen) atoms. The molecule has 3 heterocycles. The lowest BCUT2D eigenvalue weighted by Gasteiger charge is -2.17. The van der Waals surface area contributed by atoms with Crippen LogP contribution in [0, 0.1) is 0 Å². The van der Waals surface area contributed by atoms with Gasteiger partial charge < -0.3 is 0 Å². The van der Waals surface area contributed by atoms with Gasteiger partial charge in [-0.2, -0.15) is 0 Å². The molecule has 0 N–H and O–H groups in total. The SMILES string of the molecule is c1ccc(-n2c(-c3ccc(-c4c5ccccc5c(-c5ccc(-c6nc7ccccc7n6-c6ccccc6)cc5)c5ncccc45)cc3)nc3ccccc32)cc1. The van der Waals surface area contributed by atoms with Gasteiger partial charge in [-0.1, -0.05) is 140 Å². The van der Waals surface area contributed by atoms with Gasteiger partial charge in [0.15, 0.2) is 0 Å². The lowest BCUT2D eigenvalue weighted by atomic mass is 9.87. The van der Waals surface area contributed by atoms with Gasteiger partial charge >= 0.3 is 0 Å². The molecule has 0 fully saturated rings.